The fraction of sp³-hybridized carbons (Fsp3) is 0.409. The van der Waals surface area contributed by atoms with E-state index in [4.69, 9.17) is 4.74 Å². The van der Waals surface area contributed by atoms with E-state index in [9.17, 15) is 13.2 Å². The quantitative estimate of drug-likeness (QED) is 0.729. The highest BCUT2D eigenvalue weighted by molar-refractivity contribution is 7.89. The second-order valence-electron chi connectivity index (χ2n) is 7.47. The molecule has 2 aromatic carbocycles. The van der Waals surface area contributed by atoms with Crippen molar-refractivity contribution in [3.63, 3.8) is 0 Å². The lowest BCUT2D eigenvalue weighted by atomic mass is 10.0. The highest BCUT2D eigenvalue weighted by Gasteiger charge is 2.27. The molecule has 0 bridgehead atoms. The molecule has 30 heavy (non-hydrogen) atoms. The second kappa shape index (κ2) is 9.06. The number of benzene rings is 2. The summed E-state index contributed by atoms with van der Waals surface area (Å²) in [6, 6.07) is 12.3. The van der Waals surface area contributed by atoms with Crippen LogP contribution in [0.15, 0.2) is 47.4 Å². The van der Waals surface area contributed by atoms with Crippen LogP contribution in [0, 0.1) is 0 Å². The van der Waals surface area contributed by atoms with E-state index in [-0.39, 0.29) is 10.8 Å². The molecule has 1 aliphatic rings. The number of sulfonamides is 1. The Bertz CT molecular complexity index is 1020. The van der Waals surface area contributed by atoms with Crippen LogP contribution in [0.3, 0.4) is 0 Å². The Morgan fingerprint density at radius 2 is 1.97 bits per heavy atom. The third kappa shape index (κ3) is 4.44. The van der Waals surface area contributed by atoms with Crippen LogP contribution < -0.4 is 15.0 Å². The maximum absolute atomic E-state index is 13.1. The van der Waals surface area contributed by atoms with Gasteiger partial charge in [0.1, 0.15) is 16.7 Å². The minimum Gasteiger partial charge on any atom is -0.492 e. The molecular weight excluding hydrogens is 402 g/mol. The molecule has 1 aliphatic heterocycles. The number of aryl methyl sites for hydroxylation is 1. The first-order chi connectivity index (χ1) is 14.3. The highest BCUT2D eigenvalue weighted by Crippen LogP contribution is 2.31. The van der Waals surface area contributed by atoms with Gasteiger partial charge < -0.3 is 15.0 Å². The Morgan fingerprint density at radius 1 is 1.23 bits per heavy atom. The molecule has 3 rings (SSSR count). The van der Waals surface area contributed by atoms with Gasteiger partial charge in [-0.25, -0.2) is 12.7 Å². The van der Waals surface area contributed by atoms with Crippen molar-refractivity contribution in [3.8, 4) is 5.75 Å². The lowest BCUT2D eigenvalue weighted by molar-refractivity contribution is -0.119. The molecule has 1 heterocycles. The first-order valence-corrected chi connectivity index (χ1v) is 11.5. The molecule has 8 heteroatoms. The Kier molecular flexibility index (Phi) is 6.67. The summed E-state index contributed by atoms with van der Waals surface area (Å²) in [5, 5.41) is 3.16. The third-order valence-corrected chi connectivity index (χ3v) is 6.97. The van der Waals surface area contributed by atoms with E-state index in [1.807, 2.05) is 23.1 Å². The zero-order valence-corrected chi connectivity index (χ0v) is 18.7. The van der Waals surface area contributed by atoms with Gasteiger partial charge in [0, 0.05) is 32.0 Å². The molecule has 0 aliphatic carbocycles. The molecule has 1 N–H and O–H groups in total. The smallest absolute Gasteiger partial charge is 0.249 e. The van der Waals surface area contributed by atoms with E-state index in [1.165, 1.54) is 25.7 Å². The zero-order valence-electron chi connectivity index (χ0n) is 17.9. The van der Waals surface area contributed by atoms with Crippen LogP contribution >= 0.6 is 0 Å². The summed E-state index contributed by atoms with van der Waals surface area (Å²) in [4.78, 5) is 15.0. The molecule has 1 amide bonds. The van der Waals surface area contributed by atoms with Gasteiger partial charge in [-0.05, 0) is 56.5 Å². The number of anilines is 2. The van der Waals surface area contributed by atoms with Gasteiger partial charge in [0.25, 0.3) is 0 Å². The second-order valence-corrected chi connectivity index (χ2v) is 9.59. The van der Waals surface area contributed by atoms with Gasteiger partial charge in [0.2, 0.25) is 15.9 Å². The Hall–Kier alpha value is -2.58. The van der Waals surface area contributed by atoms with Crippen LogP contribution in [0.5, 0.6) is 5.75 Å². The molecule has 0 radical (unpaired) electrons. The van der Waals surface area contributed by atoms with Gasteiger partial charge in [-0.3, -0.25) is 4.79 Å². The lowest BCUT2D eigenvalue weighted by Gasteiger charge is -2.32. The normalized spacial score (nSPS) is 14.9. The summed E-state index contributed by atoms with van der Waals surface area (Å²) in [6.07, 6.45) is 1.89. The minimum atomic E-state index is -3.70. The first kappa shape index (κ1) is 22.1. The molecule has 2 aromatic rings. The number of para-hydroxylation sites is 1. The van der Waals surface area contributed by atoms with Gasteiger partial charge >= 0.3 is 0 Å². The Labute approximate surface area is 178 Å². The highest BCUT2D eigenvalue weighted by atomic mass is 32.2. The summed E-state index contributed by atoms with van der Waals surface area (Å²) in [5.74, 6) is 0.244. The molecule has 0 saturated carbocycles. The molecule has 0 fully saturated rings. The zero-order chi connectivity index (χ0) is 21.9. The average Bonchev–Trinajstić information content (AvgIpc) is 2.73. The number of ether oxygens (including phenoxy) is 1. The van der Waals surface area contributed by atoms with Crippen molar-refractivity contribution >= 4 is 27.3 Å². The first-order valence-electron chi connectivity index (χ1n) is 10.1. The van der Waals surface area contributed by atoms with Crippen LogP contribution in [0.25, 0.3) is 0 Å². The van der Waals surface area contributed by atoms with Crippen molar-refractivity contribution in [3.05, 3.63) is 48.0 Å². The molecular formula is C22H29N3O4S. The van der Waals surface area contributed by atoms with E-state index in [2.05, 4.69) is 11.4 Å². The number of rotatable bonds is 7. The van der Waals surface area contributed by atoms with Gasteiger partial charge in [0.05, 0.1) is 6.61 Å². The summed E-state index contributed by atoms with van der Waals surface area (Å²) < 4.78 is 32.1. The summed E-state index contributed by atoms with van der Waals surface area (Å²) in [6.45, 7) is 4.61. The number of hydrogen-bond donors (Lipinski definition) is 1. The average molecular weight is 432 g/mol. The summed E-state index contributed by atoms with van der Waals surface area (Å²) >= 11 is 0. The van der Waals surface area contributed by atoms with Crippen LogP contribution in [0.4, 0.5) is 11.4 Å². The fourth-order valence-electron chi connectivity index (χ4n) is 3.58. The van der Waals surface area contributed by atoms with Crippen molar-refractivity contribution in [1.82, 2.24) is 4.31 Å². The Balaban J connectivity index is 1.85. The lowest BCUT2D eigenvalue weighted by Crippen LogP contribution is -2.44. The van der Waals surface area contributed by atoms with E-state index in [0.717, 1.165) is 22.8 Å². The van der Waals surface area contributed by atoms with Gasteiger partial charge in [-0.15, -0.1) is 0 Å². The van der Waals surface area contributed by atoms with Crippen molar-refractivity contribution in [2.24, 2.45) is 0 Å². The molecule has 162 valence electrons. The van der Waals surface area contributed by atoms with Crippen LogP contribution in [0.1, 0.15) is 25.8 Å². The molecule has 1 unspecified atom stereocenters. The molecule has 7 nitrogen and oxygen atoms in total. The summed E-state index contributed by atoms with van der Waals surface area (Å²) in [7, 11) is -0.741. The molecule has 0 aromatic heterocycles. The number of hydrogen-bond acceptors (Lipinski definition) is 5. The van der Waals surface area contributed by atoms with E-state index in [1.54, 1.807) is 26.0 Å². The monoisotopic (exact) mass is 431 g/mol. The number of nitrogens with zero attached hydrogens (tertiary/aromatic N) is 2. The maximum atomic E-state index is 13.1. The molecule has 0 spiro atoms. The van der Waals surface area contributed by atoms with Gasteiger partial charge in [-0.2, -0.15) is 0 Å². The SMILES string of the molecule is CCOc1ccc(NC(C)C(=O)N2CCCc3ccccc32)cc1S(=O)(=O)N(C)C. The number of nitrogens with one attached hydrogen (secondary N) is 1. The van der Waals surface area contributed by atoms with Crippen molar-refractivity contribution in [1.29, 1.82) is 0 Å². The third-order valence-electron chi connectivity index (χ3n) is 5.13. The predicted molar refractivity (Wildman–Crippen MR) is 119 cm³/mol. The van der Waals surface area contributed by atoms with E-state index >= 15 is 0 Å². The number of carbonyl (C=O) groups is 1. The topological polar surface area (TPSA) is 79.0 Å². The molecule has 1 atom stereocenters. The number of carbonyl (C=O) groups excluding carboxylic acids is 1. The Morgan fingerprint density at radius 3 is 2.67 bits per heavy atom. The van der Waals surface area contributed by atoms with Crippen molar-refractivity contribution < 1.29 is 17.9 Å². The minimum absolute atomic E-state index is 0.0481. The maximum Gasteiger partial charge on any atom is 0.249 e. The van der Waals surface area contributed by atoms with Crippen molar-refractivity contribution in [2.45, 2.75) is 37.6 Å². The van der Waals surface area contributed by atoms with Crippen LogP contribution in [-0.4, -0.2) is 51.9 Å². The number of fused-ring (bicyclic) bond motifs is 1. The fourth-order valence-corrected chi connectivity index (χ4v) is 4.63. The van der Waals surface area contributed by atoms with E-state index < -0.39 is 16.1 Å². The van der Waals surface area contributed by atoms with Gasteiger partial charge in [-0.1, -0.05) is 18.2 Å². The van der Waals surface area contributed by atoms with Crippen molar-refractivity contribution in [2.75, 3.05) is 37.5 Å². The standard InChI is InChI=1S/C22H29N3O4S/c1-5-29-20-13-12-18(15-21(20)30(27,28)24(3)4)23-16(2)22(26)25-14-8-10-17-9-6-7-11-19(17)25/h6-7,9,11-13,15-16,23H,5,8,10,14H2,1-4H3. The number of amides is 1. The van der Waals surface area contributed by atoms with Crippen LogP contribution in [-0.2, 0) is 21.2 Å². The van der Waals surface area contributed by atoms with Gasteiger partial charge in [0.15, 0.2) is 0 Å². The molecule has 0 saturated heterocycles. The van der Waals surface area contributed by atoms with E-state index in [0.29, 0.717) is 24.6 Å². The summed E-state index contributed by atoms with van der Waals surface area (Å²) in [5.41, 5.74) is 2.67. The predicted octanol–water partition coefficient (Wildman–Crippen LogP) is 3.12. The largest absolute Gasteiger partial charge is 0.492 e. The van der Waals surface area contributed by atoms with Crippen LogP contribution in [0.2, 0.25) is 0 Å².